The van der Waals surface area contributed by atoms with Gasteiger partial charge in [-0.15, -0.1) is 0 Å². The zero-order valence-electron chi connectivity index (χ0n) is 18.2. The SMILES string of the molecule is C[C@@H]1COc2cccc(c2)C[C@H](CO)NC(=O)c2cc(cc(N(C)S(C)(=O)=O)c2)C(=O)N1. The van der Waals surface area contributed by atoms with Gasteiger partial charge in [-0.1, -0.05) is 12.1 Å². The quantitative estimate of drug-likeness (QED) is 0.625. The maximum atomic E-state index is 13.0. The van der Waals surface area contributed by atoms with Crippen LogP contribution in [0.1, 0.15) is 33.2 Å². The first-order valence-electron chi connectivity index (χ1n) is 10.1. The van der Waals surface area contributed by atoms with Crippen molar-refractivity contribution in [1.82, 2.24) is 10.6 Å². The van der Waals surface area contributed by atoms with Crippen LogP contribution >= 0.6 is 0 Å². The number of carbonyl (C=O) groups is 2. The predicted molar refractivity (Wildman–Crippen MR) is 121 cm³/mol. The maximum absolute atomic E-state index is 13.0. The Morgan fingerprint density at radius 1 is 1.09 bits per heavy atom. The summed E-state index contributed by atoms with van der Waals surface area (Å²) in [6.07, 6.45) is 1.39. The van der Waals surface area contributed by atoms with Crippen molar-refractivity contribution in [2.75, 3.05) is 30.8 Å². The molecule has 1 aliphatic rings. The zero-order chi connectivity index (χ0) is 23.5. The first-order chi connectivity index (χ1) is 15.1. The Labute approximate surface area is 187 Å². The summed E-state index contributed by atoms with van der Waals surface area (Å²) >= 11 is 0. The van der Waals surface area contributed by atoms with Crippen LogP contribution in [0.25, 0.3) is 0 Å². The number of fused-ring (bicyclic) bond motifs is 4. The topological polar surface area (TPSA) is 125 Å². The van der Waals surface area contributed by atoms with Crippen molar-refractivity contribution in [3.63, 3.8) is 0 Å². The van der Waals surface area contributed by atoms with E-state index in [1.165, 1.54) is 25.2 Å². The summed E-state index contributed by atoms with van der Waals surface area (Å²) in [6, 6.07) is 10.6. The molecule has 10 heteroatoms. The number of hydrogen-bond acceptors (Lipinski definition) is 6. The minimum absolute atomic E-state index is 0.106. The lowest BCUT2D eigenvalue weighted by molar-refractivity contribution is 0.0916. The number of sulfonamides is 1. The third-order valence-electron chi connectivity index (χ3n) is 5.12. The van der Waals surface area contributed by atoms with Crippen LogP contribution in [0.5, 0.6) is 5.75 Å². The highest BCUT2D eigenvalue weighted by molar-refractivity contribution is 7.92. The minimum atomic E-state index is -3.62. The molecule has 2 amide bonds. The number of aliphatic hydroxyl groups is 1. The van der Waals surface area contributed by atoms with E-state index in [1.807, 2.05) is 18.2 Å². The average Bonchev–Trinajstić information content (AvgIpc) is 2.75. The number of rotatable bonds is 3. The number of benzene rings is 2. The van der Waals surface area contributed by atoms with Gasteiger partial charge in [0, 0.05) is 18.2 Å². The molecule has 32 heavy (non-hydrogen) atoms. The second kappa shape index (κ2) is 9.58. The first-order valence-corrected chi connectivity index (χ1v) is 11.9. The molecule has 0 radical (unpaired) electrons. The Balaban J connectivity index is 2.05. The van der Waals surface area contributed by atoms with Gasteiger partial charge in [-0.05, 0) is 49.2 Å². The molecule has 0 saturated carbocycles. The van der Waals surface area contributed by atoms with E-state index in [0.717, 1.165) is 16.1 Å². The van der Waals surface area contributed by atoms with Gasteiger partial charge in [0.2, 0.25) is 10.0 Å². The highest BCUT2D eigenvalue weighted by Gasteiger charge is 2.21. The van der Waals surface area contributed by atoms with Gasteiger partial charge in [0.1, 0.15) is 12.4 Å². The molecular weight excluding hydrogens is 434 g/mol. The predicted octanol–water partition coefficient (Wildman–Crippen LogP) is 0.927. The lowest BCUT2D eigenvalue weighted by Crippen LogP contribution is -2.39. The summed E-state index contributed by atoms with van der Waals surface area (Å²) in [6.45, 7) is 1.69. The second-order valence-corrected chi connectivity index (χ2v) is 9.90. The molecule has 0 unspecified atom stereocenters. The van der Waals surface area contributed by atoms with E-state index < -0.39 is 27.9 Å². The maximum Gasteiger partial charge on any atom is 0.251 e. The van der Waals surface area contributed by atoms with E-state index in [1.54, 1.807) is 13.0 Å². The van der Waals surface area contributed by atoms with Gasteiger partial charge in [-0.3, -0.25) is 13.9 Å². The van der Waals surface area contributed by atoms with Crippen LogP contribution in [-0.2, 0) is 16.4 Å². The van der Waals surface area contributed by atoms with Gasteiger partial charge in [-0.2, -0.15) is 0 Å². The Hall–Kier alpha value is -3.11. The second-order valence-electron chi connectivity index (χ2n) is 7.89. The molecule has 4 bridgehead atoms. The Bertz CT molecular complexity index is 1120. The number of nitrogens with zero attached hydrogens (tertiary/aromatic N) is 1. The molecule has 2 atom stereocenters. The van der Waals surface area contributed by atoms with Gasteiger partial charge in [0.15, 0.2) is 0 Å². The van der Waals surface area contributed by atoms with E-state index in [-0.39, 0.29) is 36.1 Å². The van der Waals surface area contributed by atoms with Crippen molar-refractivity contribution < 1.29 is 27.9 Å². The summed E-state index contributed by atoms with van der Waals surface area (Å²) in [5.74, 6) is -0.391. The number of anilines is 1. The molecule has 3 rings (SSSR count). The standard InChI is InChI=1S/C22H27N3O6S/c1-14-13-31-20-6-4-5-15(8-20)7-18(12-26)24-22(28)17-9-16(21(27)23-14)10-19(11-17)25(2)32(3,29)30/h4-6,8-11,14,18,26H,7,12-13H2,1-3H3,(H,23,27)(H,24,28)/t14-,18-/m1/s1. The normalized spacial score (nSPS) is 19.6. The molecule has 0 spiro atoms. The molecule has 0 saturated heterocycles. The lowest BCUT2D eigenvalue weighted by atomic mass is 10.0. The van der Waals surface area contributed by atoms with Crippen LogP contribution < -0.4 is 19.7 Å². The minimum Gasteiger partial charge on any atom is -0.491 e. The molecule has 2 aromatic carbocycles. The summed E-state index contributed by atoms with van der Waals surface area (Å²) in [5.41, 5.74) is 1.27. The summed E-state index contributed by atoms with van der Waals surface area (Å²) in [5, 5.41) is 15.4. The van der Waals surface area contributed by atoms with Crippen molar-refractivity contribution in [1.29, 1.82) is 0 Å². The van der Waals surface area contributed by atoms with E-state index in [9.17, 15) is 23.1 Å². The first kappa shape index (κ1) is 23.6. The molecule has 9 nitrogen and oxygen atoms in total. The smallest absolute Gasteiger partial charge is 0.251 e. The van der Waals surface area contributed by atoms with Crippen molar-refractivity contribution in [2.45, 2.75) is 25.4 Å². The number of hydrogen-bond donors (Lipinski definition) is 3. The fourth-order valence-electron chi connectivity index (χ4n) is 3.29. The average molecular weight is 462 g/mol. The zero-order valence-corrected chi connectivity index (χ0v) is 19.0. The van der Waals surface area contributed by atoms with Crippen LogP contribution in [-0.4, -0.2) is 63.9 Å². The highest BCUT2D eigenvalue weighted by atomic mass is 32.2. The molecule has 0 aromatic heterocycles. The van der Waals surface area contributed by atoms with E-state index >= 15 is 0 Å². The van der Waals surface area contributed by atoms with Gasteiger partial charge in [-0.25, -0.2) is 8.42 Å². The number of aliphatic hydroxyl groups excluding tert-OH is 1. The van der Waals surface area contributed by atoms with Crippen LogP contribution in [0.3, 0.4) is 0 Å². The molecule has 0 fully saturated rings. The number of nitrogens with one attached hydrogen (secondary N) is 2. The number of amides is 2. The van der Waals surface area contributed by atoms with Crippen LogP contribution in [0.15, 0.2) is 42.5 Å². The Kier molecular flexibility index (Phi) is 7.05. The monoisotopic (exact) mass is 461 g/mol. The molecule has 3 N–H and O–H groups in total. The van der Waals surface area contributed by atoms with Crippen LogP contribution in [0.4, 0.5) is 5.69 Å². The van der Waals surface area contributed by atoms with E-state index in [2.05, 4.69) is 10.6 Å². The summed E-state index contributed by atoms with van der Waals surface area (Å²) in [7, 11) is -2.28. The fraction of sp³-hybridized carbons (Fsp3) is 0.364. The lowest BCUT2D eigenvalue weighted by Gasteiger charge is -2.20. The molecule has 0 aliphatic carbocycles. The number of ether oxygens (including phenoxy) is 1. The van der Waals surface area contributed by atoms with E-state index in [0.29, 0.717) is 12.2 Å². The van der Waals surface area contributed by atoms with Crippen molar-refractivity contribution >= 4 is 27.5 Å². The molecule has 2 aromatic rings. The van der Waals surface area contributed by atoms with Crippen molar-refractivity contribution in [2.24, 2.45) is 0 Å². The Morgan fingerprint density at radius 2 is 1.75 bits per heavy atom. The van der Waals surface area contributed by atoms with Crippen molar-refractivity contribution in [3.05, 3.63) is 59.2 Å². The third kappa shape index (κ3) is 5.77. The van der Waals surface area contributed by atoms with Crippen LogP contribution in [0.2, 0.25) is 0 Å². The van der Waals surface area contributed by atoms with E-state index in [4.69, 9.17) is 4.74 Å². The van der Waals surface area contributed by atoms with Gasteiger partial charge >= 0.3 is 0 Å². The van der Waals surface area contributed by atoms with Gasteiger partial charge in [0.25, 0.3) is 11.8 Å². The van der Waals surface area contributed by atoms with Gasteiger partial charge < -0.3 is 20.5 Å². The third-order valence-corrected chi connectivity index (χ3v) is 6.32. The van der Waals surface area contributed by atoms with Crippen molar-refractivity contribution in [3.8, 4) is 5.75 Å². The Morgan fingerprint density at radius 3 is 2.38 bits per heavy atom. The fourth-order valence-corrected chi connectivity index (χ4v) is 3.78. The summed E-state index contributed by atoms with van der Waals surface area (Å²) in [4.78, 5) is 25.8. The molecule has 1 aliphatic heterocycles. The largest absolute Gasteiger partial charge is 0.491 e. The van der Waals surface area contributed by atoms with Gasteiger partial charge in [0.05, 0.1) is 30.6 Å². The highest BCUT2D eigenvalue weighted by Crippen LogP contribution is 2.22. The number of carbonyl (C=O) groups excluding carboxylic acids is 2. The molecule has 1 heterocycles. The molecular formula is C22H27N3O6S. The molecule has 172 valence electrons. The summed E-state index contributed by atoms with van der Waals surface area (Å²) < 4.78 is 30.9. The van der Waals surface area contributed by atoms with Crippen LogP contribution in [0, 0.1) is 0 Å².